The molecule has 0 radical (unpaired) electrons. The van der Waals surface area contributed by atoms with Crippen molar-refractivity contribution in [3.8, 4) is 6.07 Å². The maximum Gasteiger partial charge on any atom is 0.327 e. The molecule has 0 bridgehead atoms. The van der Waals surface area contributed by atoms with E-state index in [1.54, 1.807) is 25.3 Å². The van der Waals surface area contributed by atoms with Gasteiger partial charge < -0.3 is 15.4 Å². The topological polar surface area (TPSA) is 129 Å². The molecule has 1 aliphatic rings. The third-order valence-electron chi connectivity index (χ3n) is 4.44. The standard InChI is InChI=1S/C17H20N4O5S/c1-4-17(5-2)15(24)21(16(25)20-17)9-12(22)26-10(3)13(23)19-14-11(8-18)6-7-27-14/h6-7,10H,4-5,9H2,1-3H3,(H,19,23)(H,20,25)/t10-/m0/s1. The Bertz CT molecular complexity index is 808. The molecule has 2 N–H and O–H groups in total. The van der Waals surface area contributed by atoms with Crippen molar-refractivity contribution in [2.45, 2.75) is 45.3 Å². The first-order valence-corrected chi connectivity index (χ1v) is 9.28. The Hall–Kier alpha value is -2.93. The highest BCUT2D eigenvalue weighted by Gasteiger charge is 2.49. The Kier molecular flexibility index (Phi) is 6.17. The van der Waals surface area contributed by atoms with Crippen LogP contribution in [0.4, 0.5) is 9.80 Å². The zero-order valence-electron chi connectivity index (χ0n) is 15.2. The largest absolute Gasteiger partial charge is 0.451 e. The van der Waals surface area contributed by atoms with Gasteiger partial charge in [-0.25, -0.2) is 4.79 Å². The number of carbonyl (C=O) groups excluding carboxylic acids is 4. The van der Waals surface area contributed by atoms with Gasteiger partial charge in [0.2, 0.25) is 0 Å². The molecule has 144 valence electrons. The highest BCUT2D eigenvalue weighted by Crippen LogP contribution is 2.25. The van der Waals surface area contributed by atoms with Crippen molar-refractivity contribution in [2.24, 2.45) is 0 Å². The van der Waals surface area contributed by atoms with Crippen LogP contribution in [-0.4, -0.2) is 46.9 Å². The number of urea groups is 1. The molecule has 1 aromatic rings. The van der Waals surface area contributed by atoms with E-state index in [2.05, 4.69) is 10.6 Å². The predicted molar refractivity (Wildman–Crippen MR) is 96.8 cm³/mol. The summed E-state index contributed by atoms with van der Waals surface area (Å²) in [6, 6.07) is 2.84. The molecule has 0 saturated carbocycles. The van der Waals surface area contributed by atoms with Gasteiger partial charge in [0.1, 0.15) is 23.2 Å². The summed E-state index contributed by atoms with van der Waals surface area (Å²) in [5.41, 5.74) is -0.700. The minimum Gasteiger partial charge on any atom is -0.451 e. The summed E-state index contributed by atoms with van der Waals surface area (Å²) in [6.45, 7) is 4.33. The van der Waals surface area contributed by atoms with Gasteiger partial charge in [-0.15, -0.1) is 11.3 Å². The molecule has 0 aliphatic carbocycles. The number of amides is 4. The van der Waals surface area contributed by atoms with Crippen LogP contribution in [0.3, 0.4) is 0 Å². The van der Waals surface area contributed by atoms with E-state index in [4.69, 9.17) is 10.00 Å². The van der Waals surface area contributed by atoms with Crippen LogP contribution in [-0.2, 0) is 19.1 Å². The molecular formula is C17H20N4O5S. The Morgan fingerprint density at radius 2 is 2.07 bits per heavy atom. The Balaban J connectivity index is 1.95. The number of thiophene rings is 1. The van der Waals surface area contributed by atoms with Gasteiger partial charge in [-0.2, -0.15) is 5.26 Å². The number of nitrogens with zero attached hydrogens (tertiary/aromatic N) is 2. The maximum absolute atomic E-state index is 12.5. The molecular weight excluding hydrogens is 372 g/mol. The van der Waals surface area contributed by atoms with Gasteiger partial charge in [0.15, 0.2) is 6.10 Å². The molecule has 10 heteroatoms. The summed E-state index contributed by atoms with van der Waals surface area (Å²) in [5.74, 6) is -1.98. The van der Waals surface area contributed by atoms with Gasteiger partial charge in [0, 0.05) is 0 Å². The molecule has 0 unspecified atom stereocenters. The minimum atomic E-state index is -1.16. The number of anilines is 1. The van der Waals surface area contributed by atoms with Crippen molar-refractivity contribution >= 4 is 40.2 Å². The molecule has 0 spiro atoms. The molecule has 2 rings (SSSR count). The lowest BCUT2D eigenvalue weighted by Crippen LogP contribution is -2.46. The van der Waals surface area contributed by atoms with Gasteiger partial charge in [-0.05, 0) is 31.2 Å². The monoisotopic (exact) mass is 392 g/mol. The highest BCUT2D eigenvalue weighted by atomic mass is 32.1. The average Bonchev–Trinajstić information content (AvgIpc) is 3.18. The molecule has 2 heterocycles. The summed E-state index contributed by atoms with van der Waals surface area (Å²) in [6.07, 6.45) is -0.352. The van der Waals surface area contributed by atoms with Crippen molar-refractivity contribution in [3.05, 3.63) is 17.0 Å². The van der Waals surface area contributed by atoms with Crippen molar-refractivity contribution < 1.29 is 23.9 Å². The number of carbonyl (C=O) groups is 4. The fourth-order valence-electron chi connectivity index (χ4n) is 2.67. The fourth-order valence-corrected chi connectivity index (χ4v) is 3.41. The van der Waals surface area contributed by atoms with Crippen molar-refractivity contribution in [1.29, 1.82) is 5.26 Å². The Morgan fingerprint density at radius 1 is 1.41 bits per heavy atom. The normalized spacial score (nSPS) is 16.4. The van der Waals surface area contributed by atoms with Crippen molar-refractivity contribution in [3.63, 3.8) is 0 Å². The lowest BCUT2D eigenvalue weighted by Gasteiger charge is -2.23. The van der Waals surface area contributed by atoms with Crippen LogP contribution in [0.5, 0.6) is 0 Å². The van der Waals surface area contributed by atoms with Crippen LogP contribution in [0.2, 0.25) is 0 Å². The summed E-state index contributed by atoms with van der Waals surface area (Å²) in [4.78, 5) is 49.5. The van der Waals surface area contributed by atoms with Crippen LogP contribution in [0.1, 0.15) is 39.2 Å². The van der Waals surface area contributed by atoms with Crippen LogP contribution < -0.4 is 10.6 Å². The van der Waals surface area contributed by atoms with Gasteiger partial charge in [-0.1, -0.05) is 13.8 Å². The fraction of sp³-hybridized carbons (Fsp3) is 0.471. The second-order valence-electron chi connectivity index (χ2n) is 6.01. The number of ether oxygens (including phenoxy) is 1. The third-order valence-corrected chi connectivity index (χ3v) is 5.27. The maximum atomic E-state index is 12.5. The van der Waals surface area contributed by atoms with E-state index in [-0.39, 0.29) is 0 Å². The molecule has 4 amide bonds. The van der Waals surface area contributed by atoms with E-state index in [0.717, 1.165) is 4.90 Å². The van der Waals surface area contributed by atoms with Crippen LogP contribution in [0.15, 0.2) is 11.4 Å². The van der Waals surface area contributed by atoms with Crippen molar-refractivity contribution in [2.75, 3.05) is 11.9 Å². The first kappa shape index (κ1) is 20.4. The van der Waals surface area contributed by atoms with Crippen LogP contribution in [0, 0.1) is 11.3 Å². The van der Waals surface area contributed by atoms with E-state index in [1.807, 2.05) is 6.07 Å². The average molecular weight is 392 g/mol. The second kappa shape index (κ2) is 8.18. The summed E-state index contributed by atoms with van der Waals surface area (Å²) < 4.78 is 5.03. The number of imide groups is 1. The number of nitriles is 1. The minimum absolute atomic E-state index is 0.307. The van der Waals surface area contributed by atoms with Gasteiger partial charge in [0.05, 0.1) is 5.56 Å². The van der Waals surface area contributed by atoms with Gasteiger partial charge in [-0.3, -0.25) is 19.3 Å². The zero-order chi connectivity index (χ0) is 20.2. The van der Waals surface area contributed by atoms with Gasteiger partial charge >= 0.3 is 12.0 Å². The molecule has 1 aliphatic heterocycles. The molecule has 1 aromatic heterocycles. The zero-order valence-corrected chi connectivity index (χ0v) is 16.0. The second-order valence-corrected chi connectivity index (χ2v) is 6.92. The van der Waals surface area contributed by atoms with E-state index >= 15 is 0 Å². The van der Waals surface area contributed by atoms with E-state index in [0.29, 0.717) is 23.4 Å². The number of hydrogen-bond acceptors (Lipinski definition) is 7. The van der Waals surface area contributed by atoms with Gasteiger partial charge in [0.25, 0.3) is 11.8 Å². The van der Waals surface area contributed by atoms with E-state index < -0.39 is 42.0 Å². The number of nitrogens with one attached hydrogen (secondary N) is 2. The Labute approximate surface area is 160 Å². The molecule has 1 fully saturated rings. The first-order valence-electron chi connectivity index (χ1n) is 8.40. The molecule has 1 atom stereocenters. The SMILES string of the molecule is CCC1(CC)NC(=O)N(CC(=O)O[C@@H](C)C(=O)Nc2sccc2C#N)C1=O. The molecule has 27 heavy (non-hydrogen) atoms. The quantitative estimate of drug-likeness (QED) is 0.536. The number of rotatable bonds is 7. The Morgan fingerprint density at radius 3 is 2.63 bits per heavy atom. The van der Waals surface area contributed by atoms with E-state index in [1.165, 1.54) is 18.3 Å². The number of esters is 1. The smallest absolute Gasteiger partial charge is 0.327 e. The lowest BCUT2D eigenvalue weighted by atomic mass is 9.93. The number of hydrogen-bond donors (Lipinski definition) is 2. The summed E-state index contributed by atoms with van der Waals surface area (Å²) in [7, 11) is 0. The lowest BCUT2D eigenvalue weighted by molar-refractivity contribution is -0.155. The molecule has 9 nitrogen and oxygen atoms in total. The molecule has 0 aromatic carbocycles. The highest BCUT2D eigenvalue weighted by molar-refractivity contribution is 7.14. The summed E-state index contributed by atoms with van der Waals surface area (Å²) >= 11 is 1.17. The van der Waals surface area contributed by atoms with Crippen LogP contribution >= 0.6 is 11.3 Å². The first-order chi connectivity index (χ1) is 12.8. The molecule has 1 saturated heterocycles. The van der Waals surface area contributed by atoms with E-state index in [9.17, 15) is 19.2 Å². The third kappa shape index (κ3) is 4.09. The van der Waals surface area contributed by atoms with Crippen molar-refractivity contribution in [1.82, 2.24) is 10.2 Å². The van der Waals surface area contributed by atoms with Crippen LogP contribution in [0.25, 0.3) is 0 Å². The predicted octanol–water partition coefficient (Wildman–Crippen LogP) is 1.60. The summed E-state index contributed by atoms with van der Waals surface area (Å²) in [5, 5.41) is 16.1.